The maximum absolute atomic E-state index is 11.6. The number of aliphatic imine (C=N–C) groups is 1. The smallest absolute Gasteiger partial charge is 0.257 e. The number of aryl methyl sites for hydroxylation is 1. The lowest BCUT2D eigenvalue weighted by Crippen LogP contribution is -2.36. The van der Waals surface area contributed by atoms with Gasteiger partial charge in [0.15, 0.2) is 12.6 Å². The van der Waals surface area contributed by atoms with E-state index in [1.165, 1.54) is 16.0 Å². The lowest BCUT2D eigenvalue weighted by atomic mass is 10.1. The number of guanidine groups is 1. The summed E-state index contributed by atoms with van der Waals surface area (Å²) in [5.74, 6) is 1.30. The molecule has 0 aliphatic heterocycles. The second-order valence-corrected chi connectivity index (χ2v) is 7.60. The van der Waals surface area contributed by atoms with E-state index < -0.39 is 0 Å². The molecular formula is C23H32N4O2S. The Kier molecular flexibility index (Phi) is 10.1. The van der Waals surface area contributed by atoms with Crippen LogP contribution < -0.4 is 20.7 Å². The van der Waals surface area contributed by atoms with Crippen LogP contribution >= 0.6 is 11.8 Å². The summed E-state index contributed by atoms with van der Waals surface area (Å²) in [6.07, 6.45) is 2.10. The molecule has 2 rings (SSSR count). The predicted molar refractivity (Wildman–Crippen MR) is 125 cm³/mol. The average molecular weight is 429 g/mol. The van der Waals surface area contributed by atoms with Gasteiger partial charge in [0.1, 0.15) is 5.75 Å². The maximum Gasteiger partial charge on any atom is 0.257 e. The normalized spacial score (nSPS) is 11.1. The third-order valence-electron chi connectivity index (χ3n) is 4.30. The van der Waals surface area contributed by atoms with Crippen LogP contribution in [0, 0.1) is 6.92 Å². The lowest BCUT2D eigenvalue weighted by molar-refractivity contribution is -0.122. The molecule has 0 fully saturated rings. The van der Waals surface area contributed by atoms with Gasteiger partial charge in [-0.25, -0.2) is 4.99 Å². The summed E-state index contributed by atoms with van der Waals surface area (Å²) in [5.41, 5.74) is 3.53. The predicted octanol–water partition coefficient (Wildman–Crippen LogP) is 3.49. The Hall–Kier alpha value is -2.67. The van der Waals surface area contributed by atoms with Gasteiger partial charge in [-0.2, -0.15) is 0 Å². The minimum absolute atomic E-state index is 0.0130. The topological polar surface area (TPSA) is 74.8 Å². The quantitative estimate of drug-likeness (QED) is 0.307. The summed E-state index contributed by atoms with van der Waals surface area (Å²) in [7, 11) is 0. The van der Waals surface area contributed by atoms with Crippen LogP contribution in [0.4, 0.5) is 0 Å². The molecule has 0 aromatic heterocycles. The molecule has 2 aromatic carbocycles. The van der Waals surface area contributed by atoms with Crippen LogP contribution in [0.1, 0.15) is 30.5 Å². The van der Waals surface area contributed by atoms with E-state index in [9.17, 15) is 4.79 Å². The van der Waals surface area contributed by atoms with Crippen LogP contribution in [0.25, 0.3) is 0 Å². The molecule has 0 atom stereocenters. The van der Waals surface area contributed by atoms with Gasteiger partial charge in [-0.3, -0.25) is 4.79 Å². The van der Waals surface area contributed by atoms with Crippen molar-refractivity contribution in [3.8, 4) is 5.75 Å². The number of benzene rings is 2. The Labute approximate surface area is 183 Å². The molecule has 0 aliphatic carbocycles. The van der Waals surface area contributed by atoms with Gasteiger partial charge in [-0.15, -0.1) is 11.8 Å². The molecule has 162 valence electrons. The lowest BCUT2D eigenvalue weighted by Gasteiger charge is -2.14. The van der Waals surface area contributed by atoms with Crippen LogP contribution in [0.15, 0.2) is 52.4 Å². The van der Waals surface area contributed by atoms with Crippen molar-refractivity contribution in [3.63, 3.8) is 0 Å². The standard InChI is InChI=1S/C23H32N4O2S/c1-5-24-22(28)16-29-20-9-7-8-18(13-20)14-26-23(25-6-2)27-15-19-11-10-17(3)12-21(19)30-4/h7-13H,5-6,14-16H2,1-4H3,(H,24,28)(H2,25,26,27). The molecular weight excluding hydrogens is 396 g/mol. The van der Waals surface area contributed by atoms with Crippen molar-refractivity contribution in [2.24, 2.45) is 4.99 Å². The van der Waals surface area contributed by atoms with Gasteiger partial charge in [0.05, 0.1) is 6.54 Å². The molecule has 0 unspecified atom stereocenters. The van der Waals surface area contributed by atoms with Gasteiger partial charge >= 0.3 is 0 Å². The molecule has 30 heavy (non-hydrogen) atoms. The van der Waals surface area contributed by atoms with E-state index in [4.69, 9.17) is 9.73 Å². The number of hydrogen-bond acceptors (Lipinski definition) is 4. The summed E-state index contributed by atoms with van der Waals surface area (Å²) < 4.78 is 5.56. The third kappa shape index (κ3) is 7.99. The van der Waals surface area contributed by atoms with Gasteiger partial charge in [0.2, 0.25) is 0 Å². The monoisotopic (exact) mass is 428 g/mol. The highest BCUT2D eigenvalue weighted by atomic mass is 32.2. The molecule has 1 amide bonds. The Balaban J connectivity index is 1.99. The molecule has 6 nitrogen and oxygen atoms in total. The van der Waals surface area contributed by atoms with E-state index in [-0.39, 0.29) is 12.5 Å². The Bertz CT molecular complexity index is 855. The molecule has 0 radical (unpaired) electrons. The average Bonchev–Trinajstić information content (AvgIpc) is 2.75. The number of likely N-dealkylation sites (N-methyl/N-ethyl adjacent to an activating group) is 1. The van der Waals surface area contributed by atoms with E-state index >= 15 is 0 Å². The summed E-state index contributed by atoms with van der Waals surface area (Å²) >= 11 is 1.75. The Morgan fingerprint density at radius 3 is 2.60 bits per heavy atom. The van der Waals surface area contributed by atoms with Crippen molar-refractivity contribution in [2.75, 3.05) is 26.0 Å². The highest BCUT2D eigenvalue weighted by molar-refractivity contribution is 7.98. The van der Waals surface area contributed by atoms with Gasteiger partial charge in [0, 0.05) is 24.5 Å². The number of nitrogens with one attached hydrogen (secondary N) is 3. The number of thioether (sulfide) groups is 1. The minimum Gasteiger partial charge on any atom is -0.484 e. The van der Waals surface area contributed by atoms with Crippen LogP contribution in [-0.2, 0) is 17.9 Å². The zero-order valence-electron chi connectivity index (χ0n) is 18.2. The first-order chi connectivity index (χ1) is 14.5. The molecule has 0 aliphatic rings. The second-order valence-electron chi connectivity index (χ2n) is 6.75. The van der Waals surface area contributed by atoms with E-state index in [0.717, 1.165) is 18.1 Å². The molecule has 0 saturated carbocycles. The number of amides is 1. The highest BCUT2D eigenvalue weighted by Crippen LogP contribution is 2.21. The largest absolute Gasteiger partial charge is 0.484 e. The van der Waals surface area contributed by atoms with Gasteiger partial charge < -0.3 is 20.7 Å². The highest BCUT2D eigenvalue weighted by Gasteiger charge is 2.05. The Morgan fingerprint density at radius 1 is 1.07 bits per heavy atom. The van der Waals surface area contributed by atoms with Crippen molar-refractivity contribution in [2.45, 2.75) is 38.8 Å². The maximum atomic E-state index is 11.6. The van der Waals surface area contributed by atoms with Gasteiger partial charge in [-0.1, -0.05) is 24.3 Å². The van der Waals surface area contributed by atoms with Crippen molar-refractivity contribution in [1.29, 1.82) is 0 Å². The van der Waals surface area contributed by atoms with Crippen molar-refractivity contribution in [1.82, 2.24) is 16.0 Å². The molecule has 0 bridgehead atoms. The first-order valence-corrected chi connectivity index (χ1v) is 11.4. The fourth-order valence-electron chi connectivity index (χ4n) is 2.82. The second kappa shape index (κ2) is 12.8. The number of rotatable bonds is 10. The molecule has 0 spiro atoms. The van der Waals surface area contributed by atoms with Crippen LogP contribution in [0.2, 0.25) is 0 Å². The molecule has 0 heterocycles. The SMILES string of the molecule is CCNC(=O)COc1cccc(CN=C(NCC)NCc2ccc(C)cc2SC)c1. The summed E-state index contributed by atoms with van der Waals surface area (Å²) in [6.45, 7) is 8.65. The van der Waals surface area contributed by atoms with E-state index in [1.54, 1.807) is 11.8 Å². The zero-order valence-corrected chi connectivity index (χ0v) is 19.1. The molecule has 7 heteroatoms. The van der Waals surface area contributed by atoms with Crippen LogP contribution in [0.3, 0.4) is 0 Å². The number of nitrogens with zero attached hydrogens (tertiary/aromatic N) is 1. The van der Waals surface area contributed by atoms with Crippen LogP contribution in [-0.4, -0.2) is 37.8 Å². The fraction of sp³-hybridized carbons (Fsp3) is 0.391. The molecule has 2 aromatic rings. The molecule has 0 saturated heterocycles. The number of carbonyl (C=O) groups is 1. The van der Waals surface area contributed by atoms with E-state index in [1.807, 2.05) is 38.1 Å². The van der Waals surface area contributed by atoms with Crippen molar-refractivity contribution < 1.29 is 9.53 Å². The van der Waals surface area contributed by atoms with Crippen molar-refractivity contribution >= 4 is 23.6 Å². The summed E-state index contributed by atoms with van der Waals surface area (Å²) in [5, 5.41) is 9.42. The zero-order chi connectivity index (χ0) is 21.8. The van der Waals surface area contributed by atoms with Gasteiger partial charge in [-0.05, 0) is 61.9 Å². The fourth-order valence-corrected chi connectivity index (χ4v) is 3.53. The number of carbonyl (C=O) groups excluding carboxylic acids is 1. The number of hydrogen-bond donors (Lipinski definition) is 3. The molecule has 3 N–H and O–H groups in total. The van der Waals surface area contributed by atoms with E-state index in [2.05, 4.69) is 47.3 Å². The Morgan fingerprint density at radius 2 is 1.87 bits per heavy atom. The summed E-state index contributed by atoms with van der Waals surface area (Å²) in [6, 6.07) is 14.2. The van der Waals surface area contributed by atoms with E-state index in [0.29, 0.717) is 25.4 Å². The minimum atomic E-state index is -0.125. The first kappa shape index (κ1) is 23.6. The van der Waals surface area contributed by atoms with Gasteiger partial charge in [0.25, 0.3) is 5.91 Å². The third-order valence-corrected chi connectivity index (χ3v) is 5.12. The first-order valence-electron chi connectivity index (χ1n) is 10.2. The number of ether oxygens (including phenoxy) is 1. The summed E-state index contributed by atoms with van der Waals surface area (Å²) in [4.78, 5) is 17.5. The van der Waals surface area contributed by atoms with Crippen molar-refractivity contribution in [3.05, 3.63) is 59.2 Å². The van der Waals surface area contributed by atoms with Crippen LogP contribution in [0.5, 0.6) is 5.75 Å².